The minimum Gasteiger partial charge on any atom is -0.496 e. The highest BCUT2D eigenvalue weighted by Crippen LogP contribution is 2.36. The van der Waals surface area contributed by atoms with Crippen LogP contribution in [-0.4, -0.2) is 42.8 Å². The summed E-state index contributed by atoms with van der Waals surface area (Å²) in [7, 11) is 1.28. The maximum Gasteiger partial charge on any atom is 0.325 e. The van der Waals surface area contributed by atoms with Gasteiger partial charge in [-0.1, -0.05) is 18.2 Å². The summed E-state index contributed by atoms with van der Waals surface area (Å²) in [5.74, 6) is -3.55. The lowest BCUT2D eigenvalue weighted by Crippen LogP contribution is -2.44. The Kier molecular flexibility index (Phi) is 5.67. The second-order valence-electron chi connectivity index (χ2n) is 6.12. The Balaban J connectivity index is 1.94. The molecule has 27 heavy (non-hydrogen) atoms. The molecular formula is C19H18F3NO4. The molecule has 5 nitrogen and oxygen atoms in total. The molecule has 1 N–H and O–H groups in total. The smallest absolute Gasteiger partial charge is 0.325 e. The van der Waals surface area contributed by atoms with Gasteiger partial charge in [-0.2, -0.15) is 0 Å². The number of aliphatic carboxylic acids is 1. The highest BCUT2D eigenvalue weighted by atomic mass is 19.1. The molecule has 1 heterocycles. The summed E-state index contributed by atoms with van der Waals surface area (Å²) in [6.45, 7) is 0.292. The van der Waals surface area contributed by atoms with Crippen molar-refractivity contribution in [1.29, 1.82) is 0 Å². The van der Waals surface area contributed by atoms with Crippen LogP contribution in [0.2, 0.25) is 0 Å². The summed E-state index contributed by atoms with van der Waals surface area (Å²) in [6.07, 6.45) is -0.886. The lowest BCUT2D eigenvalue weighted by Gasteiger charge is -2.37. The van der Waals surface area contributed by atoms with Crippen LogP contribution in [0.5, 0.6) is 5.75 Å². The van der Waals surface area contributed by atoms with Gasteiger partial charge < -0.3 is 14.6 Å². The van der Waals surface area contributed by atoms with Crippen molar-refractivity contribution < 1.29 is 32.5 Å². The van der Waals surface area contributed by atoms with Gasteiger partial charge in [-0.15, -0.1) is 0 Å². The zero-order valence-corrected chi connectivity index (χ0v) is 14.5. The Hall–Kier alpha value is -2.58. The Morgan fingerprint density at radius 1 is 1.26 bits per heavy atom. The number of hydrogen-bond donors (Lipinski definition) is 1. The van der Waals surface area contributed by atoms with Crippen molar-refractivity contribution in [3.8, 4) is 5.75 Å². The monoisotopic (exact) mass is 381 g/mol. The lowest BCUT2D eigenvalue weighted by molar-refractivity contribution is -0.147. The van der Waals surface area contributed by atoms with E-state index in [1.807, 2.05) is 0 Å². The van der Waals surface area contributed by atoms with Crippen molar-refractivity contribution in [2.45, 2.75) is 12.1 Å². The molecule has 2 unspecified atom stereocenters. The number of benzene rings is 2. The van der Waals surface area contributed by atoms with Gasteiger partial charge in [0.05, 0.1) is 19.3 Å². The minimum atomic E-state index is -1.26. The minimum absolute atomic E-state index is 0.00118. The summed E-state index contributed by atoms with van der Waals surface area (Å²) in [5.41, 5.74) is 0.0125. The number of methoxy groups -OCH3 is 1. The van der Waals surface area contributed by atoms with Gasteiger partial charge in [0.15, 0.2) is 0 Å². The number of carbonyl (C=O) groups is 1. The van der Waals surface area contributed by atoms with E-state index in [4.69, 9.17) is 9.47 Å². The van der Waals surface area contributed by atoms with Crippen molar-refractivity contribution in [3.05, 3.63) is 65.0 Å². The van der Waals surface area contributed by atoms with Gasteiger partial charge >= 0.3 is 5.97 Å². The predicted octanol–water partition coefficient (Wildman–Crippen LogP) is 3.31. The van der Waals surface area contributed by atoms with Gasteiger partial charge in [-0.3, -0.25) is 9.69 Å². The normalized spacial score (nSPS) is 18.9. The Labute approximate surface area is 153 Å². The molecule has 1 saturated heterocycles. The van der Waals surface area contributed by atoms with Crippen LogP contribution in [0.4, 0.5) is 13.2 Å². The molecule has 2 atom stereocenters. The van der Waals surface area contributed by atoms with Gasteiger partial charge in [-0.25, -0.2) is 13.2 Å². The second-order valence-corrected chi connectivity index (χ2v) is 6.12. The fourth-order valence-corrected chi connectivity index (χ4v) is 3.30. The molecule has 0 aromatic heterocycles. The van der Waals surface area contributed by atoms with E-state index in [0.29, 0.717) is 6.07 Å². The van der Waals surface area contributed by atoms with E-state index in [2.05, 4.69) is 0 Å². The molecule has 0 bridgehead atoms. The average molecular weight is 381 g/mol. The molecule has 0 saturated carbocycles. The van der Waals surface area contributed by atoms with Crippen LogP contribution >= 0.6 is 0 Å². The van der Waals surface area contributed by atoms with Gasteiger partial charge in [0.25, 0.3) is 0 Å². The molecular weight excluding hydrogens is 363 g/mol. The SMILES string of the molecule is COc1cc(F)cc(F)c1C1CN(C(C(=O)O)c2ccccc2F)CCO1. The van der Waals surface area contributed by atoms with Crippen LogP contribution in [-0.2, 0) is 9.53 Å². The number of rotatable bonds is 5. The quantitative estimate of drug-likeness (QED) is 0.861. The van der Waals surface area contributed by atoms with E-state index >= 15 is 0 Å². The topological polar surface area (TPSA) is 59.0 Å². The first-order chi connectivity index (χ1) is 12.9. The summed E-state index contributed by atoms with van der Waals surface area (Å²) >= 11 is 0. The summed E-state index contributed by atoms with van der Waals surface area (Å²) in [6, 6.07) is 6.10. The molecule has 1 fully saturated rings. The third-order valence-corrected chi connectivity index (χ3v) is 4.49. The Morgan fingerprint density at radius 3 is 2.67 bits per heavy atom. The van der Waals surface area contributed by atoms with E-state index in [1.165, 1.54) is 30.2 Å². The number of nitrogens with zero attached hydrogens (tertiary/aromatic N) is 1. The van der Waals surface area contributed by atoms with E-state index in [9.17, 15) is 23.1 Å². The van der Waals surface area contributed by atoms with Crippen LogP contribution in [0, 0.1) is 17.5 Å². The molecule has 0 amide bonds. The van der Waals surface area contributed by atoms with E-state index in [1.54, 1.807) is 6.07 Å². The van der Waals surface area contributed by atoms with Gasteiger partial charge in [0.2, 0.25) is 0 Å². The highest BCUT2D eigenvalue weighted by Gasteiger charge is 2.36. The predicted molar refractivity (Wildman–Crippen MR) is 90.0 cm³/mol. The Bertz CT molecular complexity index is 846. The van der Waals surface area contributed by atoms with Crippen molar-refractivity contribution >= 4 is 5.97 Å². The lowest BCUT2D eigenvalue weighted by atomic mass is 10.0. The molecule has 0 spiro atoms. The number of carboxylic acid groups (broad SMARTS) is 1. The second kappa shape index (κ2) is 7.98. The van der Waals surface area contributed by atoms with Crippen LogP contribution in [0.25, 0.3) is 0 Å². The fourth-order valence-electron chi connectivity index (χ4n) is 3.30. The third kappa shape index (κ3) is 3.91. The summed E-state index contributed by atoms with van der Waals surface area (Å²) in [4.78, 5) is 13.3. The number of ether oxygens (including phenoxy) is 2. The molecule has 8 heteroatoms. The average Bonchev–Trinajstić information content (AvgIpc) is 2.63. The standard InChI is InChI=1S/C19H18F3NO4/c1-26-15-9-11(20)8-14(22)17(15)16-10-23(6-7-27-16)18(19(24)25)12-4-2-3-5-13(12)21/h2-5,8-9,16,18H,6-7,10H2,1H3,(H,24,25). The molecule has 0 aliphatic carbocycles. The first kappa shape index (κ1) is 19.2. The van der Waals surface area contributed by atoms with E-state index in [0.717, 1.165) is 6.07 Å². The summed E-state index contributed by atoms with van der Waals surface area (Å²) < 4.78 is 52.6. The van der Waals surface area contributed by atoms with Crippen molar-refractivity contribution in [3.63, 3.8) is 0 Å². The largest absolute Gasteiger partial charge is 0.496 e. The molecule has 1 aliphatic rings. The molecule has 2 aromatic rings. The third-order valence-electron chi connectivity index (χ3n) is 4.49. The van der Waals surface area contributed by atoms with Crippen LogP contribution in [0.15, 0.2) is 36.4 Å². The summed E-state index contributed by atoms with van der Waals surface area (Å²) in [5, 5.41) is 9.65. The van der Waals surface area contributed by atoms with Gasteiger partial charge in [-0.05, 0) is 6.07 Å². The number of morpholine rings is 1. The van der Waals surface area contributed by atoms with Crippen molar-refractivity contribution in [2.75, 3.05) is 26.8 Å². The number of hydrogen-bond acceptors (Lipinski definition) is 4. The number of carboxylic acids is 1. The molecule has 0 radical (unpaired) electrons. The molecule has 1 aliphatic heterocycles. The van der Waals surface area contributed by atoms with Gasteiger partial charge in [0.1, 0.15) is 35.3 Å². The van der Waals surface area contributed by atoms with E-state index in [-0.39, 0.29) is 36.6 Å². The molecule has 2 aromatic carbocycles. The van der Waals surface area contributed by atoms with Crippen LogP contribution < -0.4 is 4.74 Å². The van der Waals surface area contributed by atoms with Gasteiger partial charge in [0, 0.05) is 30.8 Å². The van der Waals surface area contributed by atoms with Crippen molar-refractivity contribution in [2.24, 2.45) is 0 Å². The zero-order valence-electron chi connectivity index (χ0n) is 14.5. The maximum absolute atomic E-state index is 14.4. The molecule has 144 valence electrons. The molecule has 3 rings (SSSR count). The zero-order chi connectivity index (χ0) is 19.6. The number of halogens is 3. The van der Waals surface area contributed by atoms with Crippen LogP contribution in [0.3, 0.4) is 0 Å². The van der Waals surface area contributed by atoms with Crippen molar-refractivity contribution in [1.82, 2.24) is 4.90 Å². The highest BCUT2D eigenvalue weighted by molar-refractivity contribution is 5.75. The Morgan fingerprint density at radius 2 is 2.00 bits per heavy atom. The first-order valence-electron chi connectivity index (χ1n) is 8.28. The first-order valence-corrected chi connectivity index (χ1v) is 8.28. The van der Waals surface area contributed by atoms with Crippen LogP contribution in [0.1, 0.15) is 23.3 Å². The maximum atomic E-state index is 14.4. The fraction of sp³-hybridized carbons (Fsp3) is 0.316. The van der Waals surface area contributed by atoms with E-state index < -0.39 is 35.6 Å².